The summed E-state index contributed by atoms with van der Waals surface area (Å²) in [6.07, 6.45) is 4.76. The Bertz CT molecular complexity index is 883. The molecule has 1 aliphatic carbocycles. The van der Waals surface area contributed by atoms with Gasteiger partial charge in [0.25, 0.3) is 5.56 Å². The number of hydrogen-bond donors (Lipinski definition) is 1. The molecular weight excluding hydrogens is 226 g/mol. The lowest BCUT2D eigenvalue weighted by molar-refractivity contribution is 1.07. The Kier molecular flexibility index (Phi) is 1.66. The van der Waals surface area contributed by atoms with Crippen LogP contribution >= 0.6 is 0 Å². The first-order chi connectivity index (χ1) is 8.75. The van der Waals surface area contributed by atoms with Gasteiger partial charge in [0.15, 0.2) is 0 Å². The summed E-state index contributed by atoms with van der Waals surface area (Å²) in [6, 6.07) is 5.57. The van der Waals surface area contributed by atoms with E-state index in [1.165, 1.54) is 0 Å². The van der Waals surface area contributed by atoms with E-state index in [1.54, 1.807) is 10.6 Å². The molecule has 88 valence electrons. The molecule has 1 aliphatic rings. The van der Waals surface area contributed by atoms with Crippen LogP contribution in [0.5, 0.6) is 0 Å². The van der Waals surface area contributed by atoms with Gasteiger partial charge in [-0.1, -0.05) is 12.1 Å². The smallest absolute Gasteiger partial charge is 0.267 e. The first kappa shape index (κ1) is 9.65. The quantitative estimate of drug-likeness (QED) is 0.651. The molecule has 4 heteroatoms. The van der Waals surface area contributed by atoms with E-state index >= 15 is 0 Å². The van der Waals surface area contributed by atoms with Crippen LogP contribution in [0, 0.1) is 0 Å². The third kappa shape index (κ3) is 1.05. The van der Waals surface area contributed by atoms with Gasteiger partial charge in [-0.25, -0.2) is 4.98 Å². The predicted molar refractivity (Wildman–Crippen MR) is 70.7 cm³/mol. The summed E-state index contributed by atoms with van der Waals surface area (Å²) < 4.78 is 1.60. The molecule has 0 bridgehead atoms. The number of aromatic amines is 1. The maximum absolute atomic E-state index is 12.5. The largest absolute Gasteiger partial charge is 0.342 e. The topological polar surface area (TPSA) is 50.2 Å². The highest BCUT2D eigenvalue weighted by molar-refractivity contribution is 5.94. The maximum Gasteiger partial charge on any atom is 0.267 e. The van der Waals surface area contributed by atoms with Crippen molar-refractivity contribution >= 4 is 22.3 Å². The molecule has 4 rings (SSSR count). The minimum absolute atomic E-state index is 0.00255. The molecule has 0 atom stereocenters. The van der Waals surface area contributed by atoms with Crippen molar-refractivity contribution in [2.45, 2.75) is 13.3 Å². The fourth-order valence-electron chi connectivity index (χ4n) is 2.71. The van der Waals surface area contributed by atoms with Crippen molar-refractivity contribution in [3.05, 3.63) is 52.1 Å². The van der Waals surface area contributed by atoms with Gasteiger partial charge in [-0.05, 0) is 24.6 Å². The number of H-pyrrole nitrogens is 1. The zero-order chi connectivity index (χ0) is 12.3. The standard InChI is InChI=1S/C14H11N3O/c1-8-5-6-9-11(8)12-13(15-9)16-10-4-2-3-7-17(10)14(12)18/h2-5,7,15H,6H2,1H3. The Balaban J connectivity index is 2.30. The number of nitrogens with one attached hydrogen (secondary N) is 1. The van der Waals surface area contributed by atoms with Crippen LogP contribution in [0.15, 0.2) is 35.3 Å². The molecule has 1 N–H and O–H groups in total. The Morgan fingerprint density at radius 2 is 2.28 bits per heavy atom. The molecule has 0 spiro atoms. The summed E-state index contributed by atoms with van der Waals surface area (Å²) in [7, 11) is 0. The fourth-order valence-corrected chi connectivity index (χ4v) is 2.71. The monoisotopic (exact) mass is 237 g/mol. The van der Waals surface area contributed by atoms with Gasteiger partial charge in [0.2, 0.25) is 0 Å². The molecule has 0 aliphatic heterocycles. The number of fused-ring (bicyclic) bond motifs is 4. The number of rotatable bonds is 0. The van der Waals surface area contributed by atoms with Crippen LogP contribution in [0.4, 0.5) is 0 Å². The van der Waals surface area contributed by atoms with Crippen LogP contribution in [0.1, 0.15) is 18.2 Å². The van der Waals surface area contributed by atoms with Crippen LogP contribution in [0.3, 0.4) is 0 Å². The highest BCUT2D eigenvalue weighted by atomic mass is 16.1. The van der Waals surface area contributed by atoms with E-state index in [1.807, 2.05) is 25.1 Å². The van der Waals surface area contributed by atoms with E-state index in [0.717, 1.165) is 23.3 Å². The zero-order valence-corrected chi connectivity index (χ0v) is 9.90. The molecular formula is C14H11N3O. The number of aromatic nitrogens is 3. The van der Waals surface area contributed by atoms with Gasteiger partial charge in [-0.15, -0.1) is 0 Å². The van der Waals surface area contributed by atoms with Crippen molar-refractivity contribution in [3.8, 4) is 0 Å². The van der Waals surface area contributed by atoms with Gasteiger partial charge in [-0.2, -0.15) is 0 Å². The van der Waals surface area contributed by atoms with Gasteiger partial charge in [0.1, 0.15) is 11.3 Å². The summed E-state index contributed by atoms with van der Waals surface area (Å²) in [5.74, 6) is 0. The molecule has 0 unspecified atom stereocenters. The second-order valence-electron chi connectivity index (χ2n) is 4.64. The van der Waals surface area contributed by atoms with Crippen molar-refractivity contribution in [3.63, 3.8) is 0 Å². The third-order valence-corrected chi connectivity index (χ3v) is 3.56. The van der Waals surface area contributed by atoms with E-state index in [9.17, 15) is 4.79 Å². The minimum Gasteiger partial charge on any atom is -0.342 e. The van der Waals surface area contributed by atoms with Gasteiger partial charge in [-0.3, -0.25) is 9.20 Å². The van der Waals surface area contributed by atoms with Crippen molar-refractivity contribution in [1.82, 2.24) is 14.4 Å². The minimum atomic E-state index is 0.00255. The van der Waals surface area contributed by atoms with Crippen molar-refractivity contribution in [1.29, 1.82) is 0 Å². The van der Waals surface area contributed by atoms with E-state index in [4.69, 9.17) is 0 Å². The average molecular weight is 237 g/mol. The van der Waals surface area contributed by atoms with Crippen molar-refractivity contribution < 1.29 is 0 Å². The van der Waals surface area contributed by atoms with E-state index in [0.29, 0.717) is 16.7 Å². The lowest BCUT2D eigenvalue weighted by Gasteiger charge is -2.00. The molecule has 0 fully saturated rings. The summed E-state index contributed by atoms with van der Waals surface area (Å²) in [5, 5.41) is 0.708. The van der Waals surface area contributed by atoms with Crippen LogP contribution in [-0.4, -0.2) is 14.4 Å². The molecule has 0 aromatic carbocycles. The normalized spacial score (nSPS) is 14.2. The summed E-state index contributed by atoms with van der Waals surface area (Å²) >= 11 is 0. The number of hydrogen-bond acceptors (Lipinski definition) is 2. The SMILES string of the molecule is CC1=CCc2[nH]c3nc4ccccn4c(=O)c3c21. The highest BCUT2D eigenvalue weighted by Crippen LogP contribution is 2.31. The Morgan fingerprint density at radius 1 is 1.39 bits per heavy atom. The van der Waals surface area contributed by atoms with Crippen LogP contribution in [-0.2, 0) is 6.42 Å². The molecule has 0 saturated heterocycles. The van der Waals surface area contributed by atoms with Gasteiger partial charge in [0.05, 0.1) is 5.39 Å². The lowest BCUT2D eigenvalue weighted by atomic mass is 10.1. The van der Waals surface area contributed by atoms with E-state index in [-0.39, 0.29) is 5.56 Å². The number of nitrogens with zero attached hydrogens (tertiary/aromatic N) is 2. The second kappa shape index (κ2) is 3.10. The predicted octanol–water partition coefficient (Wildman–Crippen LogP) is 2.14. The van der Waals surface area contributed by atoms with Gasteiger partial charge in [0, 0.05) is 23.9 Å². The first-order valence-corrected chi connectivity index (χ1v) is 5.95. The molecule has 18 heavy (non-hydrogen) atoms. The average Bonchev–Trinajstić information content (AvgIpc) is 2.90. The van der Waals surface area contributed by atoms with E-state index < -0.39 is 0 Å². The Labute approximate surface area is 103 Å². The maximum atomic E-state index is 12.5. The summed E-state index contributed by atoms with van der Waals surface area (Å²) in [5.41, 5.74) is 4.68. The molecule has 0 radical (unpaired) electrons. The Morgan fingerprint density at radius 3 is 3.17 bits per heavy atom. The molecule has 4 nitrogen and oxygen atoms in total. The molecule has 0 saturated carbocycles. The van der Waals surface area contributed by atoms with Gasteiger partial charge < -0.3 is 4.98 Å². The zero-order valence-electron chi connectivity index (χ0n) is 9.90. The fraction of sp³-hybridized carbons (Fsp3) is 0.143. The van der Waals surface area contributed by atoms with E-state index in [2.05, 4.69) is 16.0 Å². The third-order valence-electron chi connectivity index (χ3n) is 3.56. The first-order valence-electron chi connectivity index (χ1n) is 5.95. The second-order valence-corrected chi connectivity index (χ2v) is 4.64. The molecule has 0 amide bonds. The van der Waals surface area contributed by atoms with Gasteiger partial charge >= 0.3 is 0 Å². The number of allylic oxidation sites excluding steroid dienone is 2. The van der Waals surface area contributed by atoms with Crippen LogP contribution in [0.25, 0.3) is 22.3 Å². The highest BCUT2D eigenvalue weighted by Gasteiger charge is 2.21. The lowest BCUT2D eigenvalue weighted by Crippen LogP contribution is -2.14. The van der Waals surface area contributed by atoms with Crippen LogP contribution < -0.4 is 5.56 Å². The Hall–Kier alpha value is -2.36. The van der Waals surface area contributed by atoms with Crippen molar-refractivity contribution in [2.75, 3.05) is 0 Å². The van der Waals surface area contributed by atoms with Crippen LogP contribution in [0.2, 0.25) is 0 Å². The van der Waals surface area contributed by atoms with Crippen molar-refractivity contribution in [2.24, 2.45) is 0 Å². The number of pyridine rings is 1. The summed E-state index contributed by atoms with van der Waals surface area (Å²) in [4.78, 5) is 20.3. The molecule has 3 aromatic heterocycles. The molecule has 3 heterocycles. The summed E-state index contributed by atoms with van der Waals surface area (Å²) in [6.45, 7) is 2.04. The molecule has 3 aromatic rings.